The van der Waals surface area contributed by atoms with Crippen molar-refractivity contribution in [1.82, 2.24) is 20.4 Å². The van der Waals surface area contributed by atoms with Crippen LogP contribution in [0.15, 0.2) is 27.8 Å². The second-order valence-corrected chi connectivity index (χ2v) is 7.60. The summed E-state index contributed by atoms with van der Waals surface area (Å²) in [5.41, 5.74) is 0. The second-order valence-electron chi connectivity index (χ2n) is 7.60. The third-order valence-corrected chi connectivity index (χ3v) is 5.66. The van der Waals surface area contributed by atoms with Crippen molar-refractivity contribution in [3.8, 4) is 0 Å². The number of likely N-dealkylation sites (tertiary alicyclic amines) is 1. The smallest absolute Gasteiger partial charge is 0.191 e. The molecule has 0 radical (unpaired) electrons. The SMILES string of the molecule is CCN1CCCC1CN=C(NCCCN1CCOCC1)NCCc1ccco1.I. The normalized spacial score (nSPS) is 21.1. The average Bonchev–Trinajstić information content (AvgIpc) is 3.41. The van der Waals surface area contributed by atoms with Gasteiger partial charge in [-0.3, -0.25) is 14.8 Å². The van der Waals surface area contributed by atoms with E-state index in [1.54, 1.807) is 6.26 Å². The highest BCUT2D eigenvalue weighted by atomic mass is 127. The first-order chi connectivity index (χ1) is 13.8. The predicted octanol–water partition coefficient (Wildman–Crippen LogP) is 2.18. The van der Waals surface area contributed by atoms with Gasteiger partial charge in [0.15, 0.2) is 5.96 Å². The lowest BCUT2D eigenvalue weighted by molar-refractivity contribution is 0.0376. The lowest BCUT2D eigenvalue weighted by Crippen LogP contribution is -2.42. The standard InChI is InChI=1S/C21H37N5O2.HI/c1-2-26-12-3-6-19(26)18-24-21(23-10-8-20-7-4-15-28-20)22-9-5-11-25-13-16-27-17-14-25;/h4,7,15,19H,2-3,5-6,8-14,16-18H2,1H3,(H2,22,23,24);1H. The minimum atomic E-state index is 0. The van der Waals surface area contributed by atoms with E-state index in [0.29, 0.717) is 6.04 Å². The number of guanidine groups is 1. The maximum atomic E-state index is 5.43. The monoisotopic (exact) mass is 519 g/mol. The summed E-state index contributed by atoms with van der Waals surface area (Å²) in [5, 5.41) is 7.01. The molecule has 29 heavy (non-hydrogen) atoms. The first-order valence-corrected chi connectivity index (χ1v) is 10.9. The Morgan fingerprint density at radius 3 is 2.79 bits per heavy atom. The molecule has 2 saturated heterocycles. The summed E-state index contributed by atoms with van der Waals surface area (Å²) in [7, 11) is 0. The fourth-order valence-electron chi connectivity index (χ4n) is 3.98. The van der Waals surface area contributed by atoms with Crippen LogP contribution in [0, 0.1) is 0 Å². The molecule has 0 spiro atoms. The fraction of sp³-hybridized carbons (Fsp3) is 0.762. The minimum Gasteiger partial charge on any atom is -0.469 e. The molecule has 1 unspecified atom stereocenters. The molecule has 2 aliphatic heterocycles. The van der Waals surface area contributed by atoms with Crippen LogP contribution in [0.2, 0.25) is 0 Å². The summed E-state index contributed by atoms with van der Waals surface area (Å²) in [6, 6.07) is 4.54. The molecule has 0 aliphatic carbocycles. The van der Waals surface area contributed by atoms with Crippen molar-refractivity contribution >= 4 is 29.9 Å². The van der Waals surface area contributed by atoms with Crippen molar-refractivity contribution < 1.29 is 9.15 Å². The van der Waals surface area contributed by atoms with E-state index in [-0.39, 0.29) is 24.0 Å². The van der Waals surface area contributed by atoms with Gasteiger partial charge in [0, 0.05) is 38.6 Å². The van der Waals surface area contributed by atoms with Gasteiger partial charge in [-0.15, -0.1) is 24.0 Å². The molecule has 0 saturated carbocycles. The largest absolute Gasteiger partial charge is 0.469 e. The van der Waals surface area contributed by atoms with E-state index in [4.69, 9.17) is 14.1 Å². The second kappa shape index (κ2) is 14.2. The van der Waals surface area contributed by atoms with Crippen molar-refractivity contribution in [1.29, 1.82) is 0 Å². The maximum Gasteiger partial charge on any atom is 0.191 e. The van der Waals surface area contributed by atoms with Crippen molar-refractivity contribution in [2.75, 3.05) is 65.6 Å². The predicted molar refractivity (Wildman–Crippen MR) is 128 cm³/mol. The Kier molecular flexibility index (Phi) is 12.0. The fourth-order valence-corrected chi connectivity index (χ4v) is 3.98. The van der Waals surface area contributed by atoms with Gasteiger partial charge in [-0.2, -0.15) is 0 Å². The van der Waals surface area contributed by atoms with Crippen LogP contribution in [-0.4, -0.2) is 87.4 Å². The number of likely N-dealkylation sites (N-methyl/N-ethyl adjacent to an activating group) is 1. The summed E-state index contributed by atoms with van der Waals surface area (Å²) in [4.78, 5) is 9.92. The number of nitrogens with one attached hydrogen (secondary N) is 2. The van der Waals surface area contributed by atoms with Gasteiger partial charge < -0.3 is 19.8 Å². The number of furan rings is 1. The number of nitrogens with zero attached hydrogens (tertiary/aromatic N) is 3. The molecular weight excluding hydrogens is 481 g/mol. The molecule has 2 N–H and O–H groups in total. The lowest BCUT2D eigenvalue weighted by atomic mass is 10.2. The number of rotatable bonds is 10. The maximum absolute atomic E-state index is 5.43. The van der Waals surface area contributed by atoms with E-state index in [1.165, 1.54) is 19.4 Å². The zero-order valence-electron chi connectivity index (χ0n) is 17.8. The molecule has 166 valence electrons. The Morgan fingerprint density at radius 2 is 2.03 bits per heavy atom. The van der Waals surface area contributed by atoms with E-state index in [0.717, 1.165) is 83.6 Å². The van der Waals surface area contributed by atoms with Crippen LogP contribution in [0.4, 0.5) is 0 Å². The van der Waals surface area contributed by atoms with Gasteiger partial charge in [0.2, 0.25) is 0 Å². The summed E-state index contributed by atoms with van der Waals surface area (Å²) in [5.74, 6) is 1.93. The molecule has 0 amide bonds. The van der Waals surface area contributed by atoms with Gasteiger partial charge in [0.25, 0.3) is 0 Å². The Labute approximate surface area is 192 Å². The lowest BCUT2D eigenvalue weighted by Gasteiger charge is -2.26. The van der Waals surface area contributed by atoms with Crippen LogP contribution in [-0.2, 0) is 11.2 Å². The zero-order valence-corrected chi connectivity index (χ0v) is 20.1. The first kappa shape index (κ1) is 24.4. The summed E-state index contributed by atoms with van der Waals surface area (Å²) in [6.45, 7) is 12.2. The van der Waals surface area contributed by atoms with E-state index < -0.39 is 0 Å². The highest BCUT2D eigenvalue weighted by Crippen LogP contribution is 2.16. The third-order valence-electron chi connectivity index (χ3n) is 5.66. The van der Waals surface area contributed by atoms with E-state index in [1.807, 2.05) is 12.1 Å². The van der Waals surface area contributed by atoms with Gasteiger partial charge in [-0.1, -0.05) is 6.92 Å². The van der Waals surface area contributed by atoms with Crippen molar-refractivity contribution in [3.05, 3.63) is 24.2 Å². The Bertz CT molecular complexity index is 563. The van der Waals surface area contributed by atoms with Crippen molar-refractivity contribution in [2.24, 2.45) is 4.99 Å². The Balaban J connectivity index is 0.00000300. The quantitative estimate of drug-likeness (QED) is 0.214. The molecule has 0 bridgehead atoms. The highest BCUT2D eigenvalue weighted by Gasteiger charge is 2.22. The van der Waals surface area contributed by atoms with E-state index in [9.17, 15) is 0 Å². The van der Waals surface area contributed by atoms with Crippen LogP contribution in [0.25, 0.3) is 0 Å². The summed E-state index contributed by atoms with van der Waals surface area (Å²) >= 11 is 0. The molecular formula is C21H38IN5O2. The molecule has 3 heterocycles. The molecule has 0 aromatic carbocycles. The summed E-state index contributed by atoms with van der Waals surface area (Å²) < 4.78 is 10.8. The topological polar surface area (TPSA) is 65.3 Å². The van der Waals surface area contributed by atoms with Gasteiger partial charge >= 0.3 is 0 Å². The van der Waals surface area contributed by atoms with Crippen LogP contribution < -0.4 is 10.6 Å². The van der Waals surface area contributed by atoms with Crippen LogP contribution in [0.5, 0.6) is 0 Å². The molecule has 1 aromatic heterocycles. The van der Waals surface area contributed by atoms with Gasteiger partial charge in [-0.25, -0.2) is 0 Å². The number of hydrogen-bond donors (Lipinski definition) is 2. The molecule has 1 aromatic rings. The summed E-state index contributed by atoms with van der Waals surface area (Å²) in [6.07, 6.45) is 6.26. The number of ether oxygens (including phenoxy) is 1. The van der Waals surface area contributed by atoms with Crippen LogP contribution >= 0.6 is 24.0 Å². The molecule has 8 heteroatoms. The Morgan fingerprint density at radius 1 is 1.21 bits per heavy atom. The van der Waals surface area contributed by atoms with Crippen LogP contribution in [0.1, 0.15) is 31.9 Å². The number of morpholine rings is 1. The van der Waals surface area contributed by atoms with Crippen LogP contribution in [0.3, 0.4) is 0 Å². The molecule has 7 nitrogen and oxygen atoms in total. The van der Waals surface area contributed by atoms with Crippen molar-refractivity contribution in [2.45, 2.75) is 38.6 Å². The van der Waals surface area contributed by atoms with Gasteiger partial charge in [0.05, 0.1) is 26.0 Å². The van der Waals surface area contributed by atoms with E-state index in [2.05, 4.69) is 27.4 Å². The third kappa shape index (κ3) is 8.82. The Hall–Kier alpha value is -0.840. The van der Waals surface area contributed by atoms with Gasteiger partial charge in [0.1, 0.15) is 5.76 Å². The number of halogens is 1. The molecule has 1 atom stereocenters. The minimum absolute atomic E-state index is 0. The van der Waals surface area contributed by atoms with E-state index >= 15 is 0 Å². The average molecular weight is 519 g/mol. The number of hydrogen-bond acceptors (Lipinski definition) is 5. The highest BCUT2D eigenvalue weighted by molar-refractivity contribution is 14.0. The van der Waals surface area contributed by atoms with Crippen molar-refractivity contribution in [3.63, 3.8) is 0 Å². The number of aliphatic imine (C=N–C) groups is 1. The zero-order chi connectivity index (χ0) is 19.4. The molecule has 2 aliphatic rings. The molecule has 2 fully saturated rings. The van der Waals surface area contributed by atoms with Gasteiger partial charge in [-0.05, 0) is 51.0 Å². The first-order valence-electron chi connectivity index (χ1n) is 10.9. The molecule has 3 rings (SSSR count).